The van der Waals surface area contributed by atoms with Crippen molar-refractivity contribution in [2.24, 2.45) is 0 Å². The van der Waals surface area contributed by atoms with Gasteiger partial charge in [-0.3, -0.25) is 25.8 Å². The molecule has 27 heavy (non-hydrogen) atoms. The average molecular weight is 398 g/mol. The molecule has 0 saturated heterocycles. The van der Waals surface area contributed by atoms with Crippen molar-refractivity contribution >= 4 is 51.5 Å². The van der Waals surface area contributed by atoms with Crippen molar-refractivity contribution < 1.29 is 9.59 Å². The molecule has 0 aromatic heterocycles. The fraction of sp³-hybridized carbons (Fsp3) is 0.0500. The minimum absolute atomic E-state index is 0.00811. The molecule has 0 heterocycles. The number of hydrazine groups is 1. The minimum Gasteiger partial charge on any atom is -0.298 e. The number of nitrogens with one attached hydrogen (secondary N) is 3. The Hall–Kier alpha value is -2.96. The lowest BCUT2D eigenvalue weighted by atomic mass is 10.0. The Balaban J connectivity index is 1.54. The second-order valence-electron chi connectivity index (χ2n) is 5.78. The zero-order valence-electron chi connectivity index (χ0n) is 14.2. The van der Waals surface area contributed by atoms with Crippen molar-refractivity contribution in [2.75, 3.05) is 0 Å². The molecular formula is C20H16ClN3O2S. The summed E-state index contributed by atoms with van der Waals surface area (Å²) in [5, 5.41) is 5.01. The Bertz CT molecular complexity index is 1020. The van der Waals surface area contributed by atoms with Crippen molar-refractivity contribution in [2.45, 2.75) is 6.42 Å². The Morgan fingerprint density at radius 3 is 2.48 bits per heavy atom. The first kappa shape index (κ1) is 18.8. The van der Waals surface area contributed by atoms with Gasteiger partial charge in [-0.25, -0.2) is 0 Å². The third-order valence-electron chi connectivity index (χ3n) is 3.86. The maximum Gasteiger partial charge on any atom is 0.257 e. The van der Waals surface area contributed by atoms with Gasteiger partial charge in [0.2, 0.25) is 5.91 Å². The van der Waals surface area contributed by atoms with Crippen LogP contribution in [0.2, 0.25) is 5.02 Å². The Labute approximate surface area is 166 Å². The predicted molar refractivity (Wildman–Crippen MR) is 110 cm³/mol. The van der Waals surface area contributed by atoms with Crippen LogP contribution in [0, 0.1) is 0 Å². The molecule has 0 bridgehead atoms. The average Bonchev–Trinajstić information content (AvgIpc) is 2.67. The SMILES string of the molecule is O=C(Cc1cccc2ccccc12)NNC(=S)NC(=O)c1cccc(Cl)c1. The first-order chi connectivity index (χ1) is 13.0. The van der Waals surface area contributed by atoms with Gasteiger partial charge in [0, 0.05) is 10.6 Å². The molecule has 3 N–H and O–H groups in total. The molecule has 3 aromatic carbocycles. The summed E-state index contributed by atoms with van der Waals surface area (Å²) < 4.78 is 0. The number of rotatable bonds is 3. The van der Waals surface area contributed by atoms with Crippen LogP contribution in [0.15, 0.2) is 66.7 Å². The Morgan fingerprint density at radius 2 is 1.67 bits per heavy atom. The molecule has 7 heteroatoms. The van der Waals surface area contributed by atoms with Gasteiger partial charge in [0.1, 0.15) is 0 Å². The van der Waals surface area contributed by atoms with E-state index in [9.17, 15) is 9.59 Å². The molecule has 136 valence electrons. The summed E-state index contributed by atoms with van der Waals surface area (Å²) in [4.78, 5) is 24.3. The van der Waals surface area contributed by atoms with Gasteiger partial charge in [0.05, 0.1) is 6.42 Å². The number of fused-ring (bicyclic) bond motifs is 1. The zero-order chi connectivity index (χ0) is 19.2. The fourth-order valence-corrected chi connectivity index (χ4v) is 2.96. The first-order valence-corrected chi connectivity index (χ1v) is 8.94. The van der Waals surface area contributed by atoms with E-state index in [2.05, 4.69) is 16.2 Å². The van der Waals surface area contributed by atoms with Crippen LogP contribution < -0.4 is 16.2 Å². The summed E-state index contributed by atoms with van der Waals surface area (Å²) in [6.45, 7) is 0. The predicted octanol–water partition coefficient (Wildman–Crippen LogP) is 3.37. The van der Waals surface area contributed by atoms with Gasteiger partial charge in [-0.05, 0) is 46.8 Å². The second kappa shape index (κ2) is 8.62. The van der Waals surface area contributed by atoms with Crippen LogP contribution in [0.3, 0.4) is 0 Å². The third-order valence-corrected chi connectivity index (χ3v) is 4.30. The van der Waals surface area contributed by atoms with E-state index < -0.39 is 5.91 Å². The van der Waals surface area contributed by atoms with E-state index in [1.807, 2.05) is 42.5 Å². The van der Waals surface area contributed by atoms with E-state index in [0.29, 0.717) is 10.6 Å². The largest absolute Gasteiger partial charge is 0.298 e. The maximum absolute atomic E-state index is 12.2. The molecule has 0 fully saturated rings. The molecule has 0 saturated carbocycles. The van der Waals surface area contributed by atoms with E-state index in [-0.39, 0.29) is 17.4 Å². The molecule has 0 aliphatic carbocycles. The van der Waals surface area contributed by atoms with Gasteiger partial charge < -0.3 is 0 Å². The van der Waals surface area contributed by atoms with Gasteiger partial charge in [-0.15, -0.1) is 0 Å². The minimum atomic E-state index is -0.418. The summed E-state index contributed by atoms with van der Waals surface area (Å²) in [5.74, 6) is -0.691. The van der Waals surface area contributed by atoms with Crippen LogP contribution >= 0.6 is 23.8 Å². The summed E-state index contributed by atoms with van der Waals surface area (Å²) in [6, 6.07) is 20.1. The highest BCUT2D eigenvalue weighted by molar-refractivity contribution is 7.80. The van der Waals surface area contributed by atoms with Crippen LogP contribution in [0.1, 0.15) is 15.9 Å². The lowest BCUT2D eigenvalue weighted by Gasteiger charge is -2.11. The summed E-state index contributed by atoms with van der Waals surface area (Å²) in [7, 11) is 0. The van der Waals surface area contributed by atoms with Crippen molar-refractivity contribution in [1.29, 1.82) is 0 Å². The molecular weight excluding hydrogens is 382 g/mol. The van der Waals surface area contributed by atoms with E-state index >= 15 is 0 Å². The molecule has 3 rings (SSSR count). The monoisotopic (exact) mass is 397 g/mol. The van der Waals surface area contributed by atoms with Crippen LogP contribution in [0.5, 0.6) is 0 Å². The summed E-state index contributed by atoms with van der Waals surface area (Å²) in [5.41, 5.74) is 6.30. The number of carbonyl (C=O) groups excluding carboxylic acids is 2. The third kappa shape index (κ3) is 5.03. The van der Waals surface area contributed by atoms with Crippen molar-refractivity contribution in [1.82, 2.24) is 16.2 Å². The Kier molecular flexibility index (Phi) is 6.01. The van der Waals surface area contributed by atoms with Crippen LogP contribution in [-0.2, 0) is 11.2 Å². The van der Waals surface area contributed by atoms with Gasteiger partial charge in [-0.1, -0.05) is 60.1 Å². The van der Waals surface area contributed by atoms with Crippen LogP contribution in [-0.4, -0.2) is 16.9 Å². The highest BCUT2D eigenvalue weighted by Crippen LogP contribution is 2.18. The van der Waals surface area contributed by atoms with Crippen molar-refractivity contribution in [3.8, 4) is 0 Å². The van der Waals surface area contributed by atoms with Gasteiger partial charge in [0.15, 0.2) is 5.11 Å². The van der Waals surface area contributed by atoms with Crippen molar-refractivity contribution in [3.63, 3.8) is 0 Å². The maximum atomic E-state index is 12.2. The lowest BCUT2D eigenvalue weighted by molar-refractivity contribution is -0.121. The van der Waals surface area contributed by atoms with Crippen LogP contribution in [0.4, 0.5) is 0 Å². The molecule has 0 aliphatic heterocycles. The van der Waals surface area contributed by atoms with Crippen LogP contribution in [0.25, 0.3) is 10.8 Å². The quantitative estimate of drug-likeness (QED) is 0.468. The summed E-state index contributed by atoms with van der Waals surface area (Å²) >= 11 is 10.9. The number of thiocarbonyl (C=S) groups is 1. The smallest absolute Gasteiger partial charge is 0.257 e. The number of halogens is 1. The molecule has 0 radical (unpaired) electrons. The normalized spacial score (nSPS) is 10.3. The van der Waals surface area contributed by atoms with Crippen molar-refractivity contribution in [3.05, 3.63) is 82.9 Å². The molecule has 0 aliphatic rings. The van der Waals surface area contributed by atoms with E-state index in [1.54, 1.807) is 18.2 Å². The fourth-order valence-electron chi connectivity index (χ4n) is 2.63. The standard InChI is InChI=1S/C20H16ClN3O2S/c21-16-9-4-8-15(11-16)19(26)22-20(27)24-23-18(25)12-14-7-3-6-13-5-1-2-10-17(13)14/h1-11H,12H2,(H,23,25)(H2,22,24,26,27). The van der Waals surface area contributed by atoms with Gasteiger partial charge in [-0.2, -0.15) is 0 Å². The molecule has 0 atom stereocenters. The first-order valence-electron chi connectivity index (χ1n) is 8.15. The second-order valence-corrected chi connectivity index (χ2v) is 6.63. The lowest BCUT2D eigenvalue weighted by Crippen LogP contribution is -2.48. The van der Waals surface area contributed by atoms with Gasteiger partial charge >= 0.3 is 0 Å². The number of benzene rings is 3. The molecule has 0 spiro atoms. The van der Waals surface area contributed by atoms with Gasteiger partial charge in [0.25, 0.3) is 5.91 Å². The highest BCUT2D eigenvalue weighted by Gasteiger charge is 2.10. The number of hydrogen-bond acceptors (Lipinski definition) is 3. The zero-order valence-corrected chi connectivity index (χ0v) is 15.7. The van der Waals surface area contributed by atoms with E-state index in [4.69, 9.17) is 23.8 Å². The molecule has 3 aromatic rings. The highest BCUT2D eigenvalue weighted by atomic mass is 35.5. The Morgan fingerprint density at radius 1 is 0.926 bits per heavy atom. The number of amides is 2. The topological polar surface area (TPSA) is 70.2 Å². The summed E-state index contributed by atoms with van der Waals surface area (Å²) in [6.07, 6.45) is 0.180. The molecule has 2 amide bonds. The molecule has 0 unspecified atom stereocenters. The number of carbonyl (C=O) groups is 2. The molecule has 5 nitrogen and oxygen atoms in total. The van der Waals surface area contributed by atoms with E-state index in [1.165, 1.54) is 6.07 Å². The number of hydrogen-bond donors (Lipinski definition) is 3. The van der Waals surface area contributed by atoms with E-state index in [0.717, 1.165) is 16.3 Å².